The number of alkyl halides is 10. The van der Waals surface area contributed by atoms with Crippen LogP contribution in [-0.4, -0.2) is 43.1 Å². The first-order chi connectivity index (χ1) is 5.75. The molecule has 15 heavy (non-hydrogen) atoms. The van der Waals surface area contributed by atoms with Gasteiger partial charge in [-0.3, -0.25) is 0 Å². The van der Waals surface area contributed by atoms with Crippen LogP contribution in [-0.2, 0) is 0 Å². The zero-order valence-electron chi connectivity index (χ0n) is 5.78. The van der Waals surface area contributed by atoms with E-state index in [4.69, 9.17) is 0 Å². The molecule has 0 aromatic heterocycles. The van der Waals surface area contributed by atoms with Crippen molar-refractivity contribution in [1.82, 2.24) is 0 Å². The van der Waals surface area contributed by atoms with Crippen LogP contribution < -0.4 is 0 Å². The predicted octanol–water partition coefficient (Wildman–Crippen LogP) is 2.73. The van der Waals surface area contributed by atoms with E-state index in [1.165, 1.54) is 0 Å². The summed E-state index contributed by atoms with van der Waals surface area (Å²) in [6, 6.07) is 0. The second-order valence-electron chi connectivity index (χ2n) is 2.14. The van der Waals surface area contributed by atoms with Gasteiger partial charge in [-0.25, -0.2) is 0 Å². The summed E-state index contributed by atoms with van der Waals surface area (Å²) >= 11 is 0. The van der Waals surface area contributed by atoms with Gasteiger partial charge in [0.2, 0.25) is 0 Å². The van der Waals surface area contributed by atoms with Crippen LogP contribution in [0.3, 0.4) is 0 Å². The van der Waals surface area contributed by atoms with Crippen molar-refractivity contribution in [2.45, 2.75) is 24.2 Å². The molecule has 0 N–H and O–H groups in total. The van der Waals surface area contributed by atoms with Gasteiger partial charge in [0.05, 0.1) is 0 Å². The quantitative estimate of drug-likeness (QED) is 0.493. The summed E-state index contributed by atoms with van der Waals surface area (Å²) in [5.74, 6) is -14.3. The Morgan fingerprint density at radius 1 is 0.400 bits per heavy atom. The molecule has 0 fully saturated rings. The number of hydrogen-bond acceptors (Lipinski definition) is 0. The van der Waals surface area contributed by atoms with Gasteiger partial charge in [-0.15, -0.1) is 0 Å². The SMILES string of the molecule is FC(F)(F)C(F)(F)C(F)(F)C(F)(F)F.[LiH]. The van der Waals surface area contributed by atoms with Crippen molar-refractivity contribution in [3.05, 3.63) is 0 Å². The molecule has 11 heteroatoms. The molecule has 0 spiro atoms. The van der Waals surface area contributed by atoms with E-state index in [0.717, 1.165) is 0 Å². The summed E-state index contributed by atoms with van der Waals surface area (Å²) in [7, 11) is 0. The van der Waals surface area contributed by atoms with E-state index in [9.17, 15) is 43.9 Å². The third kappa shape index (κ3) is 2.72. The monoisotopic (exact) mass is 246 g/mol. The van der Waals surface area contributed by atoms with E-state index < -0.39 is 24.2 Å². The van der Waals surface area contributed by atoms with Gasteiger partial charge in [0, 0.05) is 0 Å². The van der Waals surface area contributed by atoms with Crippen LogP contribution in [0.2, 0.25) is 0 Å². The van der Waals surface area contributed by atoms with Crippen molar-refractivity contribution in [2.75, 3.05) is 0 Å². The van der Waals surface area contributed by atoms with Crippen molar-refractivity contribution < 1.29 is 43.9 Å². The molecule has 0 saturated heterocycles. The molecular formula is C4HF10Li. The van der Waals surface area contributed by atoms with Crippen LogP contribution in [0.15, 0.2) is 0 Å². The Kier molecular flexibility index (Phi) is 4.67. The summed E-state index contributed by atoms with van der Waals surface area (Å²) in [5, 5.41) is 0. The molecule has 0 bridgehead atoms. The zero-order chi connectivity index (χ0) is 12.0. The Balaban J connectivity index is 0. The number of rotatable bonds is 1. The molecule has 0 heterocycles. The minimum atomic E-state index is -7.14. The van der Waals surface area contributed by atoms with Crippen molar-refractivity contribution in [1.29, 1.82) is 0 Å². The molecule has 88 valence electrons. The predicted molar refractivity (Wildman–Crippen MR) is 29.2 cm³/mol. The Bertz CT molecular complexity index is 186. The average Bonchev–Trinajstić information content (AvgIpc) is 1.81. The summed E-state index contributed by atoms with van der Waals surface area (Å²) in [6.07, 6.45) is -13.9. The van der Waals surface area contributed by atoms with E-state index in [1.54, 1.807) is 0 Å². The normalized spacial score (nSPS) is 14.8. The van der Waals surface area contributed by atoms with Crippen LogP contribution >= 0.6 is 0 Å². The van der Waals surface area contributed by atoms with Gasteiger partial charge in [-0.1, -0.05) is 0 Å². The fraction of sp³-hybridized carbons (Fsp3) is 1.00. The van der Waals surface area contributed by atoms with E-state index in [0.29, 0.717) is 0 Å². The minimum absolute atomic E-state index is 0. The zero-order valence-corrected chi connectivity index (χ0v) is 5.78. The standard InChI is InChI=1S/C4F10.Li.H/c5-1(6,3(9,10)11)2(7,8)4(12,13)14;;. The fourth-order valence-electron chi connectivity index (χ4n) is 0.356. The van der Waals surface area contributed by atoms with E-state index >= 15 is 0 Å². The maximum absolute atomic E-state index is 11.6. The first-order valence-electron chi connectivity index (χ1n) is 2.64. The van der Waals surface area contributed by atoms with Gasteiger partial charge >= 0.3 is 43.1 Å². The summed E-state index contributed by atoms with van der Waals surface area (Å²) in [4.78, 5) is 0. The Hall–Kier alpha value is -0.103. The van der Waals surface area contributed by atoms with Crippen LogP contribution in [0, 0.1) is 0 Å². The molecule has 0 aliphatic carbocycles. The van der Waals surface area contributed by atoms with E-state index in [2.05, 4.69) is 0 Å². The van der Waals surface area contributed by atoms with Crippen molar-refractivity contribution in [2.24, 2.45) is 0 Å². The molecular weight excluding hydrogens is 245 g/mol. The topological polar surface area (TPSA) is 0 Å². The molecule has 0 amide bonds. The molecule has 0 unspecified atom stereocenters. The van der Waals surface area contributed by atoms with Crippen molar-refractivity contribution in [3.63, 3.8) is 0 Å². The van der Waals surface area contributed by atoms with Crippen molar-refractivity contribution >= 4 is 18.9 Å². The molecule has 0 saturated carbocycles. The summed E-state index contributed by atoms with van der Waals surface area (Å²) in [5.41, 5.74) is 0. The van der Waals surface area contributed by atoms with Gasteiger partial charge in [-0.05, 0) is 0 Å². The summed E-state index contributed by atoms with van der Waals surface area (Å²) in [6.45, 7) is 0. The van der Waals surface area contributed by atoms with Gasteiger partial charge < -0.3 is 0 Å². The van der Waals surface area contributed by atoms with Gasteiger partial charge in [0.15, 0.2) is 0 Å². The third-order valence-corrected chi connectivity index (χ3v) is 1.11. The third-order valence-electron chi connectivity index (χ3n) is 1.11. The van der Waals surface area contributed by atoms with E-state index in [1.807, 2.05) is 0 Å². The Labute approximate surface area is 87.8 Å². The van der Waals surface area contributed by atoms with Gasteiger partial charge in [0.25, 0.3) is 0 Å². The fourth-order valence-corrected chi connectivity index (χ4v) is 0.356. The first kappa shape index (κ1) is 17.3. The molecule has 0 atom stereocenters. The van der Waals surface area contributed by atoms with Crippen LogP contribution in [0.5, 0.6) is 0 Å². The Morgan fingerprint density at radius 3 is 0.600 bits per heavy atom. The second-order valence-corrected chi connectivity index (χ2v) is 2.14. The molecule has 0 radical (unpaired) electrons. The first-order valence-corrected chi connectivity index (χ1v) is 2.64. The van der Waals surface area contributed by atoms with E-state index in [-0.39, 0.29) is 18.9 Å². The maximum atomic E-state index is 11.6. The average molecular weight is 246 g/mol. The number of halogens is 10. The molecule has 0 aliphatic rings. The number of hydrogen-bond donors (Lipinski definition) is 0. The molecule has 0 rings (SSSR count). The molecule has 0 aromatic carbocycles. The summed E-state index contributed by atoms with van der Waals surface area (Å²) < 4.78 is 113. The van der Waals surface area contributed by atoms with Crippen molar-refractivity contribution in [3.8, 4) is 0 Å². The molecule has 0 nitrogen and oxygen atoms in total. The molecule has 0 aromatic rings. The van der Waals surface area contributed by atoms with Crippen LogP contribution in [0.4, 0.5) is 43.9 Å². The second kappa shape index (κ2) is 4.05. The van der Waals surface area contributed by atoms with Gasteiger partial charge in [-0.2, -0.15) is 43.9 Å². The molecule has 0 aliphatic heterocycles. The Morgan fingerprint density at radius 2 is 0.533 bits per heavy atom. The van der Waals surface area contributed by atoms with Crippen LogP contribution in [0.25, 0.3) is 0 Å². The van der Waals surface area contributed by atoms with Crippen LogP contribution in [0.1, 0.15) is 0 Å². The van der Waals surface area contributed by atoms with Gasteiger partial charge in [0.1, 0.15) is 0 Å².